The number of carbonyl (C=O) groups excluding carboxylic acids is 1. The number of aryl methyl sites for hydroxylation is 2. The van der Waals surface area contributed by atoms with Gasteiger partial charge in [0.2, 0.25) is 0 Å². The highest BCUT2D eigenvalue weighted by Gasteiger charge is 2.04. The summed E-state index contributed by atoms with van der Waals surface area (Å²) in [6, 6.07) is 11.8. The number of nitrogen functional groups attached to an aromatic ring is 1. The number of nitrogens with two attached hydrogens (primary N) is 2. The molecule has 1 aromatic carbocycles. The summed E-state index contributed by atoms with van der Waals surface area (Å²) >= 11 is 1.50. The number of anilines is 1. The van der Waals surface area contributed by atoms with Gasteiger partial charge in [-0.05, 0) is 55.5 Å². The van der Waals surface area contributed by atoms with Gasteiger partial charge in [0.25, 0.3) is 5.91 Å². The first-order chi connectivity index (χ1) is 9.15. The Morgan fingerprint density at radius 1 is 1.11 bits per heavy atom. The molecule has 0 bridgehead atoms. The molecule has 0 aliphatic rings. The van der Waals surface area contributed by atoms with Crippen LogP contribution in [0.5, 0.6) is 0 Å². The largest absolute Gasteiger partial charge is 0.399 e. The molecule has 1 amide bonds. The second-order valence-corrected chi connectivity index (χ2v) is 5.75. The zero-order valence-corrected chi connectivity index (χ0v) is 11.6. The normalized spacial score (nSPS) is 10.5. The minimum Gasteiger partial charge on any atom is -0.399 e. The SMILES string of the molecule is NC(=O)c1ccc(CCCCc2cccc(N)c2)s1. The van der Waals surface area contributed by atoms with Gasteiger partial charge in [0, 0.05) is 10.6 Å². The molecule has 0 atom stereocenters. The predicted molar refractivity (Wildman–Crippen MR) is 80.3 cm³/mol. The average Bonchev–Trinajstić information content (AvgIpc) is 2.84. The second-order valence-electron chi connectivity index (χ2n) is 4.58. The Kier molecular flexibility index (Phi) is 4.58. The highest BCUT2D eigenvalue weighted by atomic mass is 32.1. The van der Waals surface area contributed by atoms with Crippen molar-refractivity contribution in [1.29, 1.82) is 0 Å². The maximum absolute atomic E-state index is 11.0. The summed E-state index contributed by atoms with van der Waals surface area (Å²) in [5.74, 6) is -0.337. The molecule has 0 unspecified atom stereocenters. The molecule has 0 fully saturated rings. The van der Waals surface area contributed by atoms with E-state index in [1.54, 1.807) is 6.07 Å². The molecule has 3 nitrogen and oxygen atoms in total. The van der Waals surface area contributed by atoms with Crippen molar-refractivity contribution in [3.63, 3.8) is 0 Å². The summed E-state index contributed by atoms with van der Waals surface area (Å²) in [4.78, 5) is 12.8. The molecule has 2 rings (SSSR count). The lowest BCUT2D eigenvalue weighted by Gasteiger charge is -2.02. The molecule has 0 spiro atoms. The lowest BCUT2D eigenvalue weighted by Crippen LogP contribution is -2.08. The van der Waals surface area contributed by atoms with E-state index in [2.05, 4.69) is 6.07 Å². The van der Waals surface area contributed by atoms with E-state index in [1.807, 2.05) is 24.3 Å². The fourth-order valence-electron chi connectivity index (χ4n) is 2.02. The van der Waals surface area contributed by atoms with Crippen LogP contribution in [-0.2, 0) is 12.8 Å². The van der Waals surface area contributed by atoms with Crippen molar-refractivity contribution in [3.05, 3.63) is 51.7 Å². The Hall–Kier alpha value is -1.81. The number of rotatable bonds is 6. The summed E-state index contributed by atoms with van der Waals surface area (Å²) in [5.41, 5.74) is 13.1. The average molecular weight is 274 g/mol. The number of hydrogen-bond acceptors (Lipinski definition) is 3. The fourth-order valence-corrected chi connectivity index (χ4v) is 2.92. The van der Waals surface area contributed by atoms with Gasteiger partial charge in [0.05, 0.1) is 4.88 Å². The van der Waals surface area contributed by atoms with E-state index < -0.39 is 0 Å². The molecule has 0 radical (unpaired) electrons. The van der Waals surface area contributed by atoms with Crippen molar-refractivity contribution >= 4 is 22.9 Å². The monoisotopic (exact) mass is 274 g/mol. The van der Waals surface area contributed by atoms with Crippen LogP contribution in [0.4, 0.5) is 5.69 Å². The molecule has 1 aromatic heterocycles. The van der Waals surface area contributed by atoms with Crippen LogP contribution in [0.3, 0.4) is 0 Å². The number of benzene rings is 1. The van der Waals surface area contributed by atoms with Crippen molar-refractivity contribution in [1.82, 2.24) is 0 Å². The molecule has 2 aromatic rings. The van der Waals surface area contributed by atoms with Crippen LogP contribution in [0.25, 0.3) is 0 Å². The van der Waals surface area contributed by atoms with E-state index in [4.69, 9.17) is 11.5 Å². The third-order valence-corrected chi connectivity index (χ3v) is 4.15. The zero-order chi connectivity index (χ0) is 13.7. The van der Waals surface area contributed by atoms with Crippen molar-refractivity contribution in [2.45, 2.75) is 25.7 Å². The smallest absolute Gasteiger partial charge is 0.258 e. The highest BCUT2D eigenvalue weighted by Crippen LogP contribution is 2.19. The van der Waals surface area contributed by atoms with Gasteiger partial charge in [0.1, 0.15) is 0 Å². The van der Waals surface area contributed by atoms with Crippen LogP contribution in [0.2, 0.25) is 0 Å². The summed E-state index contributed by atoms with van der Waals surface area (Å²) in [6.45, 7) is 0. The Balaban J connectivity index is 1.76. The van der Waals surface area contributed by atoms with Crippen LogP contribution < -0.4 is 11.5 Å². The summed E-state index contributed by atoms with van der Waals surface area (Å²) in [7, 11) is 0. The number of carbonyl (C=O) groups is 1. The van der Waals surface area contributed by atoms with Gasteiger partial charge in [-0.15, -0.1) is 11.3 Å². The van der Waals surface area contributed by atoms with Gasteiger partial charge < -0.3 is 11.5 Å². The number of primary amides is 1. The van der Waals surface area contributed by atoms with Gasteiger partial charge in [0.15, 0.2) is 0 Å². The minimum atomic E-state index is -0.337. The standard InChI is InChI=1S/C15H18N2OS/c16-12-6-3-5-11(10-12)4-1-2-7-13-8-9-14(19-13)15(17)18/h3,5-6,8-10H,1-2,4,7,16H2,(H2,17,18). The molecular formula is C15H18N2OS. The molecule has 0 saturated carbocycles. The Morgan fingerprint density at radius 2 is 1.89 bits per heavy atom. The van der Waals surface area contributed by atoms with Crippen molar-refractivity contribution in [3.8, 4) is 0 Å². The maximum Gasteiger partial charge on any atom is 0.258 e. The van der Waals surface area contributed by atoms with E-state index in [9.17, 15) is 4.79 Å². The van der Waals surface area contributed by atoms with E-state index in [0.717, 1.165) is 31.4 Å². The molecule has 100 valence electrons. The highest BCUT2D eigenvalue weighted by molar-refractivity contribution is 7.14. The minimum absolute atomic E-state index is 0.337. The van der Waals surface area contributed by atoms with Crippen LogP contribution in [0.1, 0.15) is 33.0 Å². The summed E-state index contributed by atoms with van der Waals surface area (Å²) in [6.07, 6.45) is 4.26. The van der Waals surface area contributed by atoms with Crippen molar-refractivity contribution in [2.24, 2.45) is 5.73 Å². The van der Waals surface area contributed by atoms with Gasteiger partial charge in [-0.2, -0.15) is 0 Å². The van der Waals surface area contributed by atoms with Gasteiger partial charge in [-0.3, -0.25) is 4.79 Å². The second kappa shape index (κ2) is 6.38. The molecule has 19 heavy (non-hydrogen) atoms. The quantitative estimate of drug-likeness (QED) is 0.628. The molecule has 4 heteroatoms. The summed E-state index contributed by atoms with van der Waals surface area (Å²) < 4.78 is 0. The maximum atomic E-state index is 11.0. The van der Waals surface area contributed by atoms with Crippen LogP contribution in [0.15, 0.2) is 36.4 Å². The number of unbranched alkanes of at least 4 members (excludes halogenated alkanes) is 1. The van der Waals surface area contributed by atoms with Crippen molar-refractivity contribution < 1.29 is 4.79 Å². The number of amides is 1. The van der Waals surface area contributed by atoms with E-state index in [1.165, 1.54) is 21.8 Å². The Labute approximate surface area is 117 Å². The first kappa shape index (κ1) is 13.6. The van der Waals surface area contributed by atoms with E-state index in [0.29, 0.717) is 4.88 Å². The Bertz CT molecular complexity index is 563. The fraction of sp³-hybridized carbons (Fsp3) is 0.267. The zero-order valence-electron chi connectivity index (χ0n) is 10.8. The molecule has 1 heterocycles. The molecule has 0 aliphatic heterocycles. The topological polar surface area (TPSA) is 69.1 Å². The van der Waals surface area contributed by atoms with Gasteiger partial charge >= 0.3 is 0 Å². The molecular weight excluding hydrogens is 256 g/mol. The van der Waals surface area contributed by atoms with Crippen molar-refractivity contribution in [2.75, 3.05) is 5.73 Å². The Morgan fingerprint density at radius 3 is 2.58 bits per heavy atom. The van der Waals surface area contributed by atoms with Crippen LogP contribution in [-0.4, -0.2) is 5.91 Å². The first-order valence-electron chi connectivity index (χ1n) is 6.38. The van der Waals surface area contributed by atoms with Crippen LogP contribution >= 0.6 is 11.3 Å². The van der Waals surface area contributed by atoms with Crippen LogP contribution in [0, 0.1) is 0 Å². The first-order valence-corrected chi connectivity index (χ1v) is 7.20. The molecule has 0 saturated heterocycles. The molecule has 4 N–H and O–H groups in total. The number of thiophene rings is 1. The predicted octanol–water partition coefficient (Wildman–Crippen LogP) is 2.99. The molecule has 0 aliphatic carbocycles. The third kappa shape index (κ3) is 4.10. The van der Waals surface area contributed by atoms with Gasteiger partial charge in [-0.1, -0.05) is 12.1 Å². The summed E-state index contributed by atoms with van der Waals surface area (Å²) in [5, 5.41) is 0. The lowest BCUT2D eigenvalue weighted by molar-refractivity contribution is 0.100. The number of hydrogen-bond donors (Lipinski definition) is 2. The van der Waals surface area contributed by atoms with Gasteiger partial charge in [-0.25, -0.2) is 0 Å². The third-order valence-electron chi connectivity index (χ3n) is 2.99. The van der Waals surface area contributed by atoms with E-state index >= 15 is 0 Å². The van der Waals surface area contributed by atoms with E-state index in [-0.39, 0.29) is 5.91 Å². The lowest BCUT2D eigenvalue weighted by atomic mass is 10.1.